The Hall–Kier alpha value is -1.88. The lowest BCUT2D eigenvalue weighted by atomic mass is 10.1. The van der Waals surface area contributed by atoms with Gasteiger partial charge in [-0.25, -0.2) is 0 Å². The normalized spacial score (nSPS) is 18.7. The molecule has 1 fully saturated rings. The van der Waals surface area contributed by atoms with Crippen LogP contribution in [-0.4, -0.2) is 41.5 Å². The molecular formula is C13H16N2O3. The number of hydrogen-bond acceptors (Lipinski definition) is 3. The third kappa shape index (κ3) is 2.87. The molecule has 0 bridgehead atoms. The molecule has 1 aromatic carbocycles. The molecule has 2 amide bonds. The van der Waals surface area contributed by atoms with Crippen LogP contribution in [0.1, 0.15) is 6.42 Å². The van der Waals surface area contributed by atoms with Gasteiger partial charge in [0.2, 0.25) is 0 Å². The lowest BCUT2D eigenvalue weighted by Crippen LogP contribution is -2.38. The molecule has 1 aliphatic rings. The van der Waals surface area contributed by atoms with Crippen molar-refractivity contribution in [2.45, 2.75) is 6.42 Å². The zero-order valence-electron chi connectivity index (χ0n) is 10.0. The summed E-state index contributed by atoms with van der Waals surface area (Å²) in [6.45, 7) is 1.05. The van der Waals surface area contributed by atoms with Crippen molar-refractivity contribution in [3.8, 4) is 0 Å². The zero-order chi connectivity index (χ0) is 13.0. The maximum absolute atomic E-state index is 11.8. The van der Waals surface area contributed by atoms with Crippen LogP contribution >= 0.6 is 0 Å². The molecule has 0 spiro atoms. The molecule has 1 aromatic rings. The van der Waals surface area contributed by atoms with Crippen molar-refractivity contribution < 1.29 is 14.7 Å². The smallest absolute Gasteiger partial charge is 0.313 e. The van der Waals surface area contributed by atoms with Crippen LogP contribution in [0, 0.1) is 5.92 Å². The van der Waals surface area contributed by atoms with Crippen LogP contribution in [0.15, 0.2) is 30.3 Å². The van der Waals surface area contributed by atoms with E-state index in [0.717, 1.165) is 6.42 Å². The predicted octanol–water partition coefficient (Wildman–Crippen LogP) is 0.466. The number of amides is 2. The standard InChI is InChI=1S/C13H16N2O3/c16-9-10-6-7-15(8-10)13(18)12(17)14-11-4-2-1-3-5-11/h1-5,10,16H,6-9H2,(H,14,17). The van der Waals surface area contributed by atoms with Crippen LogP contribution in [0.3, 0.4) is 0 Å². The third-order valence-electron chi connectivity index (χ3n) is 3.06. The number of likely N-dealkylation sites (tertiary alicyclic amines) is 1. The second-order valence-electron chi connectivity index (χ2n) is 4.41. The summed E-state index contributed by atoms with van der Waals surface area (Å²) in [5.41, 5.74) is 0.605. The van der Waals surface area contributed by atoms with Gasteiger partial charge in [0, 0.05) is 31.3 Å². The summed E-state index contributed by atoms with van der Waals surface area (Å²) in [5, 5.41) is 11.6. The minimum Gasteiger partial charge on any atom is -0.396 e. The number of carbonyl (C=O) groups excluding carboxylic acids is 2. The van der Waals surface area contributed by atoms with Crippen LogP contribution in [0.4, 0.5) is 5.69 Å². The predicted molar refractivity (Wildman–Crippen MR) is 66.8 cm³/mol. The highest BCUT2D eigenvalue weighted by atomic mass is 16.3. The Bertz CT molecular complexity index is 433. The maximum atomic E-state index is 11.8. The fourth-order valence-corrected chi connectivity index (χ4v) is 2.02. The van der Waals surface area contributed by atoms with Gasteiger partial charge >= 0.3 is 11.8 Å². The number of benzene rings is 1. The van der Waals surface area contributed by atoms with E-state index < -0.39 is 11.8 Å². The molecule has 2 rings (SSSR count). The highest BCUT2D eigenvalue weighted by Crippen LogP contribution is 2.16. The number of aliphatic hydroxyl groups is 1. The minimum atomic E-state index is -0.625. The Morgan fingerprint density at radius 3 is 2.67 bits per heavy atom. The molecule has 96 valence electrons. The molecule has 0 aromatic heterocycles. The van der Waals surface area contributed by atoms with Crippen molar-refractivity contribution in [2.75, 3.05) is 25.0 Å². The Labute approximate surface area is 105 Å². The average Bonchev–Trinajstić information content (AvgIpc) is 2.87. The van der Waals surface area contributed by atoms with Crippen molar-refractivity contribution in [2.24, 2.45) is 5.92 Å². The van der Waals surface area contributed by atoms with Crippen LogP contribution in [-0.2, 0) is 9.59 Å². The molecule has 18 heavy (non-hydrogen) atoms. The zero-order valence-corrected chi connectivity index (χ0v) is 10.0. The first-order chi connectivity index (χ1) is 8.70. The largest absolute Gasteiger partial charge is 0.396 e. The number of anilines is 1. The number of aliphatic hydroxyl groups excluding tert-OH is 1. The molecule has 1 unspecified atom stereocenters. The van der Waals surface area contributed by atoms with Gasteiger partial charge in [0.15, 0.2) is 0 Å². The third-order valence-corrected chi connectivity index (χ3v) is 3.06. The van der Waals surface area contributed by atoms with E-state index in [-0.39, 0.29) is 12.5 Å². The summed E-state index contributed by atoms with van der Waals surface area (Å²) in [6, 6.07) is 8.87. The molecule has 1 aliphatic heterocycles. The quantitative estimate of drug-likeness (QED) is 0.747. The monoisotopic (exact) mass is 248 g/mol. The van der Waals surface area contributed by atoms with Gasteiger partial charge in [-0.1, -0.05) is 18.2 Å². The summed E-state index contributed by atoms with van der Waals surface area (Å²) in [6.07, 6.45) is 0.751. The van der Waals surface area contributed by atoms with Crippen LogP contribution < -0.4 is 5.32 Å². The number of carbonyl (C=O) groups is 2. The van der Waals surface area contributed by atoms with E-state index in [0.29, 0.717) is 18.8 Å². The number of rotatable bonds is 2. The van der Waals surface area contributed by atoms with Crippen molar-refractivity contribution in [3.05, 3.63) is 30.3 Å². The Balaban J connectivity index is 1.92. The van der Waals surface area contributed by atoms with Gasteiger partial charge in [-0.05, 0) is 18.6 Å². The molecule has 0 saturated carbocycles. The van der Waals surface area contributed by atoms with E-state index in [2.05, 4.69) is 5.32 Å². The number of hydrogen-bond donors (Lipinski definition) is 2. The molecule has 2 N–H and O–H groups in total. The molecule has 5 heteroatoms. The lowest BCUT2D eigenvalue weighted by molar-refractivity contribution is -0.142. The van der Waals surface area contributed by atoms with Gasteiger partial charge in [0.25, 0.3) is 0 Å². The molecule has 1 atom stereocenters. The first-order valence-electron chi connectivity index (χ1n) is 5.97. The van der Waals surface area contributed by atoms with Crippen LogP contribution in [0.2, 0.25) is 0 Å². The topological polar surface area (TPSA) is 69.6 Å². The Morgan fingerprint density at radius 1 is 1.33 bits per heavy atom. The second kappa shape index (κ2) is 5.64. The Morgan fingerprint density at radius 2 is 2.06 bits per heavy atom. The number of nitrogens with one attached hydrogen (secondary N) is 1. The van der Waals surface area contributed by atoms with E-state index in [1.54, 1.807) is 24.3 Å². The number of nitrogens with zero attached hydrogens (tertiary/aromatic N) is 1. The van der Waals surface area contributed by atoms with Crippen LogP contribution in [0.5, 0.6) is 0 Å². The van der Waals surface area contributed by atoms with Crippen molar-refractivity contribution >= 4 is 17.5 Å². The summed E-state index contributed by atoms with van der Waals surface area (Å²) >= 11 is 0. The van der Waals surface area contributed by atoms with Crippen LogP contribution in [0.25, 0.3) is 0 Å². The highest BCUT2D eigenvalue weighted by molar-refractivity contribution is 6.39. The van der Waals surface area contributed by atoms with Crippen molar-refractivity contribution in [3.63, 3.8) is 0 Å². The van der Waals surface area contributed by atoms with Gasteiger partial charge in [0.05, 0.1) is 0 Å². The van der Waals surface area contributed by atoms with Gasteiger partial charge in [0.1, 0.15) is 0 Å². The van der Waals surface area contributed by atoms with E-state index in [1.165, 1.54) is 4.90 Å². The van der Waals surface area contributed by atoms with Crippen molar-refractivity contribution in [1.29, 1.82) is 0 Å². The SMILES string of the molecule is O=C(Nc1ccccc1)C(=O)N1CCC(CO)C1. The first kappa shape index (κ1) is 12.6. The second-order valence-corrected chi connectivity index (χ2v) is 4.41. The van der Waals surface area contributed by atoms with Gasteiger partial charge in [-0.15, -0.1) is 0 Å². The summed E-state index contributed by atoms with van der Waals surface area (Å²) in [5.74, 6) is -1.06. The molecule has 5 nitrogen and oxygen atoms in total. The first-order valence-corrected chi connectivity index (χ1v) is 5.97. The minimum absolute atomic E-state index is 0.0596. The summed E-state index contributed by atoms with van der Waals surface area (Å²) < 4.78 is 0. The van der Waals surface area contributed by atoms with Crippen molar-refractivity contribution in [1.82, 2.24) is 4.90 Å². The average molecular weight is 248 g/mol. The van der Waals surface area contributed by atoms with Gasteiger partial charge in [-0.3, -0.25) is 9.59 Å². The van der Waals surface area contributed by atoms with E-state index >= 15 is 0 Å². The summed E-state index contributed by atoms with van der Waals surface area (Å²) in [7, 11) is 0. The molecular weight excluding hydrogens is 232 g/mol. The van der Waals surface area contributed by atoms with E-state index in [4.69, 9.17) is 5.11 Å². The van der Waals surface area contributed by atoms with E-state index in [1.807, 2.05) is 6.07 Å². The molecule has 1 saturated heterocycles. The highest BCUT2D eigenvalue weighted by Gasteiger charge is 2.29. The maximum Gasteiger partial charge on any atom is 0.313 e. The molecule has 0 radical (unpaired) electrons. The molecule has 0 aliphatic carbocycles. The Kier molecular flexibility index (Phi) is 3.94. The fraction of sp³-hybridized carbons (Fsp3) is 0.385. The lowest BCUT2D eigenvalue weighted by Gasteiger charge is -2.15. The fourth-order valence-electron chi connectivity index (χ4n) is 2.02. The number of para-hydroxylation sites is 1. The summed E-state index contributed by atoms with van der Waals surface area (Å²) in [4.78, 5) is 25.1. The molecule has 1 heterocycles. The van der Waals surface area contributed by atoms with E-state index in [9.17, 15) is 9.59 Å². The van der Waals surface area contributed by atoms with Gasteiger partial charge < -0.3 is 15.3 Å². The van der Waals surface area contributed by atoms with Gasteiger partial charge in [-0.2, -0.15) is 0 Å².